The summed E-state index contributed by atoms with van der Waals surface area (Å²) in [6.07, 6.45) is 7.34. The Morgan fingerprint density at radius 1 is 1.27 bits per heavy atom. The summed E-state index contributed by atoms with van der Waals surface area (Å²) in [5.41, 5.74) is 6.25. The molecule has 1 rings (SSSR count). The van der Waals surface area contributed by atoms with E-state index in [4.69, 9.17) is 10.5 Å². The maximum absolute atomic E-state index is 6.31. The predicted octanol–water partition coefficient (Wildman–Crippen LogP) is 3.10. The summed E-state index contributed by atoms with van der Waals surface area (Å²) in [6.45, 7) is 7.22. The van der Waals surface area contributed by atoms with Gasteiger partial charge in [-0.3, -0.25) is 0 Å². The van der Waals surface area contributed by atoms with Gasteiger partial charge in [0.2, 0.25) is 0 Å². The van der Waals surface area contributed by atoms with Gasteiger partial charge in [0.1, 0.15) is 0 Å². The van der Waals surface area contributed by atoms with Crippen molar-refractivity contribution in [2.75, 3.05) is 6.61 Å². The van der Waals surface area contributed by atoms with Crippen molar-refractivity contribution in [3.63, 3.8) is 0 Å². The van der Waals surface area contributed by atoms with Gasteiger partial charge >= 0.3 is 0 Å². The molecule has 2 heteroatoms. The van der Waals surface area contributed by atoms with Crippen LogP contribution in [0.4, 0.5) is 0 Å². The second-order valence-corrected chi connectivity index (χ2v) is 4.83. The summed E-state index contributed by atoms with van der Waals surface area (Å²) < 4.78 is 5.92. The van der Waals surface area contributed by atoms with E-state index in [1.54, 1.807) is 0 Å². The van der Waals surface area contributed by atoms with Gasteiger partial charge in [0, 0.05) is 12.6 Å². The summed E-state index contributed by atoms with van der Waals surface area (Å²) in [6, 6.07) is 0.216. The lowest BCUT2D eigenvalue weighted by molar-refractivity contribution is -0.0655. The molecule has 0 spiro atoms. The summed E-state index contributed by atoms with van der Waals surface area (Å²) in [4.78, 5) is 0. The molecular formula is C13H27NO. The third-order valence-corrected chi connectivity index (χ3v) is 3.89. The summed E-state index contributed by atoms with van der Waals surface area (Å²) >= 11 is 0. The average Bonchev–Trinajstić information content (AvgIpc) is 3.06. The third-order valence-electron chi connectivity index (χ3n) is 3.89. The molecule has 0 aromatic rings. The molecule has 0 aromatic carbocycles. The maximum atomic E-state index is 6.31. The Morgan fingerprint density at radius 2 is 1.87 bits per heavy atom. The third kappa shape index (κ3) is 3.46. The normalized spacial score (nSPS) is 19.2. The molecule has 1 aliphatic rings. The van der Waals surface area contributed by atoms with Crippen LogP contribution in [0.3, 0.4) is 0 Å². The molecule has 1 atom stereocenters. The van der Waals surface area contributed by atoms with Crippen LogP contribution in [-0.2, 0) is 4.74 Å². The van der Waals surface area contributed by atoms with Crippen molar-refractivity contribution >= 4 is 0 Å². The van der Waals surface area contributed by atoms with Crippen molar-refractivity contribution in [2.24, 2.45) is 11.7 Å². The minimum atomic E-state index is -0.0658. The zero-order chi connectivity index (χ0) is 11.3. The Hall–Kier alpha value is -0.0800. The molecule has 0 saturated heterocycles. The summed E-state index contributed by atoms with van der Waals surface area (Å²) in [5, 5.41) is 0. The van der Waals surface area contributed by atoms with Crippen LogP contribution in [0.5, 0.6) is 0 Å². The maximum Gasteiger partial charge on any atom is 0.0827 e. The van der Waals surface area contributed by atoms with Crippen molar-refractivity contribution in [3.8, 4) is 0 Å². The van der Waals surface area contributed by atoms with Gasteiger partial charge in [-0.25, -0.2) is 0 Å². The Kier molecular flexibility index (Phi) is 5.07. The number of hydrogen-bond donors (Lipinski definition) is 1. The first-order valence-corrected chi connectivity index (χ1v) is 6.58. The molecule has 0 amide bonds. The van der Waals surface area contributed by atoms with E-state index in [9.17, 15) is 0 Å². The van der Waals surface area contributed by atoms with Gasteiger partial charge in [-0.05, 0) is 38.5 Å². The van der Waals surface area contributed by atoms with E-state index < -0.39 is 0 Å². The summed E-state index contributed by atoms with van der Waals surface area (Å²) in [7, 11) is 0. The topological polar surface area (TPSA) is 35.2 Å². The second kappa shape index (κ2) is 5.86. The van der Waals surface area contributed by atoms with Crippen molar-refractivity contribution in [2.45, 2.75) is 70.9 Å². The van der Waals surface area contributed by atoms with Crippen molar-refractivity contribution in [1.29, 1.82) is 0 Å². The van der Waals surface area contributed by atoms with E-state index in [0.717, 1.165) is 31.8 Å². The van der Waals surface area contributed by atoms with Crippen LogP contribution in [0.1, 0.15) is 59.3 Å². The van der Waals surface area contributed by atoms with Crippen molar-refractivity contribution in [3.05, 3.63) is 0 Å². The van der Waals surface area contributed by atoms with Gasteiger partial charge in [0.15, 0.2) is 0 Å². The molecule has 0 aliphatic heterocycles. The number of ether oxygens (including phenoxy) is 1. The molecule has 0 bridgehead atoms. The van der Waals surface area contributed by atoms with Crippen LogP contribution >= 0.6 is 0 Å². The molecule has 0 heterocycles. The van der Waals surface area contributed by atoms with Crippen molar-refractivity contribution in [1.82, 2.24) is 0 Å². The lowest BCUT2D eigenvalue weighted by Gasteiger charge is -2.37. The first kappa shape index (κ1) is 13.0. The number of rotatable bonds is 8. The zero-order valence-electron chi connectivity index (χ0n) is 10.6. The first-order valence-electron chi connectivity index (χ1n) is 6.58. The molecule has 0 aromatic heterocycles. The lowest BCUT2D eigenvalue weighted by atomic mass is 9.85. The van der Waals surface area contributed by atoms with E-state index in [1.807, 2.05) is 0 Å². The van der Waals surface area contributed by atoms with E-state index in [1.165, 1.54) is 19.3 Å². The van der Waals surface area contributed by atoms with Gasteiger partial charge in [0.25, 0.3) is 0 Å². The molecule has 2 nitrogen and oxygen atoms in total. The fourth-order valence-corrected chi connectivity index (χ4v) is 2.46. The van der Waals surface area contributed by atoms with Gasteiger partial charge in [0.05, 0.1) is 5.60 Å². The van der Waals surface area contributed by atoms with Gasteiger partial charge in [-0.15, -0.1) is 0 Å². The van der Waals surface area contributed by atoms with Gasteiger partial charge in [-0.2, -0.15) is 0 Å². The Bertz CT molecular complexity index is 173. The van der Waals surface area contributed by atoms with Crippen molar-refractivity contribution < 1.29 is 4.74 Å². The van der Waals surface area contributed by atoms with E-state index >= 15 is 0 Å². The molecule has 2 N–H and O–H groups in total. The largest absolute Gasteiger partial charge is 0.374 e. The number of hydrogen-bond acceptors (Lipinski definition) is 2. The average molecular weight is 213 g/mol. The van der Waals surface area contributed by atoms with E-state index in [0.29, 0.717) is 0 Å². The highest BCUT2D eigenvalue weighted by Crippen LogP contribution is 2.36. The smallest absolute Gasteiger partial charge is 0.0827 e. The van der Waals surface area contributed by atoms with Crippen LogP contribution in [-0.4, -0.2) is 18.2 Å². The zero-order valence-corrected chi connectivity index (χ0v) is 10.6. The van der Waals surface area contributed by atoms with Gasteiger partial charge < -0.3 is 10.5 Å². The van der Waals surface area contributed by atoms with E-state index in [2.05, 4.69) is 20.8 Å². The van der Waals surface area contributed by atoms with Crippen LogP contribution < -0.4 is 5.73 Å². The first-order chi connectivity index (χ1) is 7.18. The minimum Gasteiger partial charge on any atom is -0.374 e. The highest BCUT2D eigenvalue weighted by Gasteiger charge is 2.34. The SMILES string of the molecule is CCOC(CC)(CC)C(N)CCC1CC1. The fraction of sp³-hybridized carbons (Fsp3) is 1.00. The second-order valence-electron chi connectivity index (χ2n) is 4.83. The fourth-order valence-electron chi connectivity index (χ4n) is 2.46. The van der Waals surface area contributed by atoms with Crippen LogP contribution in [0, 0.1) is 5.92 Å². The Morgan fingerprint density at radius 3 is 2.27 bits per heavy atom. The Balaban J connectivity index is 2.43. The molecule has 0 radical (unpaired) electrons. The molecule has 15 heavy (non-hydrogen) atoms. The summed E-state index contributed by atoms with van der Waals surface area (Å²) in [5.74, 6) is 0.976. The number of nitrogens with two attached hydrogens (primary N) is 1. The van der Waals surface area contributed by atoms with Crippen LogP contribution in [0.15, 0.2) is 0 Å². The standard InChI is InChI=1S/C13H27NO/c1-4-13(5-2,15-6-3)12(14)10-9-11-7-8-11/h11-12H,4-10,14H2,1-3H3. The predicted molar refractivity (Wildman–Crippen MR) is 64.9 cm³/mol. The lowest BCUT2D eigenvalue weighted by Crippen LogP contribution is -2.49. The molecule has 1 aliphatic carbocycles. The molecule has 90 valence electrons. The minimum absolute atomic E-state index is 0.0658. The molecule has 1 fully saturated rings. The molecule has 1 saturated carbocycles. The van der Waals surface area contributed by atoms with Gasteiger partial charge in [-0.1, -0.05) is 26.7 Å². The van der Waals surface area contributed by atoms with Crippen LogP contribution in [0.2, 0.25) is 0 Å². The quantitative estimate of drug-likeness (QED) is 0.672. The molecule has 1 unspecified atom stereocenters. The molecular weight excluding hydrogens is 186 g/mol. The van der Waals surface area contributed by atoms with Crippen LogP contribution in [0.25, 0.3) is 0 Å². The monoisotopic (exact) mass is 213 g/mol. The highest BCUT2D eigenvalue weighted by atomic mass is 16.5. The highest BCUT2D eigenvalue weighted by molar-refractivity contribution is 4.90. The van der Waals surface area contributed by atoms with E-state index in [-0.39, 0.29) is 11.6 Å². The Labute approximate surface area is 94.6 Å².